The summed E-state index contributed by atoms with van der Waals surface area (Å²) in [6.07, 6.45) is 4.38. The van der Waals surface area contributed by atoms with Gasteiger partial charge in [0.1, 0.15) is 17.0 Å². The zero-order valence-electron chi connectivity index (χ0n) is 8.01. The summed E-state index contributed by atoms with van der Waals surface area (Å²) < 4.78 is 5.08. The van der Waals surface area contributed by atoms with E-state index in [9.17, 15) is 4.79 Å². The molecule has 0 radical (unpaired) electrons. The van der Waals surface area contributed by atoms with E-state index in [1.165, 1.54) is 30.1 Å². The Balaban J connectivity index is 2.37. The van der Waals surface area contributed by atoms with Gasteiger partial charge in [-0.2, -0.15) is 0 Å². The smallest absolute Gasteiger partial charge is 0.209 e. The number of ketones is 1. The van der Waals surface area contributed by atoms with Crippen molar-refractivity contribution in [1.82, 2.24) is 9.97 Å². The van der Waals surface area contributed by atoms with E-state index in [1.807, 2.05) is 5.38 Å². The lowest BCUT2D eigenvalue weighted by atomic mass is 10.2. The van der Waals surface area contributed by atoms with E-state index in [1.54, 1.807) is 13.2 Å². The summed E-state index contributed by atoms with van der Waals surface area (Å²) in [6, 6.07) is 1.77. The minimum absolute atomic E-state index is 0.109. The van der Waals surface area contributed by atoms with Gasteiger partial charge < -0.3 is 4.74 Å². The molecule has 2 aromatic heterocycles. The van der Waals surface area contributed by atoms with E-state index in [2.05, 4.69) is 9.97 Å². The van der Waals surface area contributed by atoms with Crippen LogP contribution in [0.3, 0.4) is 0 Å². The third-order valence-corrected chi connectivity index (χ3v) is 2.77. The summed E-state index contributed by atoms with van der Waals surface area (Å²) >= 11 is 1.35. The first-order valence-electron chi connectivity index (χ1n) is 4.24. The summed E-state index contributed by atoms with van der Waals surface area (Å²) in [5.74, 6) is 0.483. The van der Waals surface area contributed by atoms with Crippen LogP contribution in [0.1, 0.15) is 15.2 Å². The predicted molar refractivity (Wildman–Crippen MR) is 56.3 cm³/mol. The molecule has 0 fully saturated rings. The SMILES string of the molecule is COc1ccsc1C(=O)c1cncnc1. The van der Waals surface area contributed by atoms with E-state index < -0.39 is 0 Å². The molecule has 76 valence electrons. The Morgan fingerprint density at radius 2 is 2.13 bits per heavy atom. The fraction of sp³-hybridized carbons (Fsp3) is 0.100. The number of thiophene rings is 1. The van der Waals surface area contributed by atoms with E-state index in [4.69, 9.17) is 4.74 Å². The molecule has 0 aliphatic heterocycles. The number of aromatic nitrogens is 2. The average Bonchev–Trinajstić information content (AvgIpc) is 2.77. The lowest BCUT2D eigenvalue weighted by Gasteiger charge is -2.00. The van der Waals surface area contributed by atoms with Crippen molar-refractivity contribution in [1.29, 1.82) is 0 Å². The van der Waals surface area contributed by atoms with Gasteiger partial charge in [-0.1, -0.05) is 0 Å². The van der Waals surface area contributed by atoms with Crippen LogP contribution < -0.4 is 4.74 Å². The van der Waals surface area contributed by atoms with Gasteiger partial charge >= 0.3 is 0 Å². The van der Waals surface area contributed by atoms with Crippen LogP contribution in [-0.4, -0.2) is 22.9 Å². The standard InChI is InChI=1S/C10H8N2O2S/c1-14-8-2-3-15-10(8)9(13)7-4-11-6-12-5-7/h2-6H,1H3. The van der Waals surface area contributed by atoms with E-state index in [0.717, 1.165) is 0 Å². The Hall–Kier alpha value is -1.75. The van der Waals surface area contributed by atoms with Crippen LogP contribution in [0.2, 0.25) is 0 Å². The highest BCUT2D eigenvalue weighted by molar-refractivity contribution is 7.12. The Kier molecular flexibility index (Phi) is 2.73. The van der Waals surface area contributed by atoms with Crippen LogP contribution in [0.4, 0.5) is 0 Å². The molecule has 5 heteroatoms. The molecule has 0 bridgehead atoms. The highest BCUT2D eigenvalue weighted by atomic mass is 32.1. The summed E-state index contributed by atoms with van der Waals surface area (Å²) in [4.78, 5) is 20.1. The molecule has 0 atom stereocenters. The van der Waals surface area contributed by atoms with Crippen molar-refractivity contribution in [2.75, 3.05) is 7.11 Å². The average molecular weight is 220 g/mol. The number of hydrogen-bond acceptors (Lipinski definition) is 5. The number of methoxy groups -OCH3 is 1. The number of hydrogen-bond donors (Lipinski definition) is 0. The molecule has 0 aliphatic carbocycles. The zero-order valence-corrected chi connectivity index (χ0v) is 8.82. The van der Waals surface area contributed by atoms with Crippen LogP contribution in [0, 0.1) is 0 Å². The maximum Gasteiger partial charge on any atom is 0.209 e. The van der Waals surface area contributed by atoms with Crippen molar-refractivity contribution in [3.63, 3.8) is 0 Å². The Labute approximate surface area is 90.6 Å². The molecule has 2 aromatic rings. The number of carbonyl (C=O) groups excluding carboxylic acids is 1. The van der Waals surface area contributed by atoms with Crippen LogP contribution in [-0.2, 0) is 0 Å². The maximum atomic E-state index is 11.9. The molecule has 0 N–H and O–H groups in total. The molecular weight excluding hydrogens is 212 g/mol. The number of ether oxygens (including phenoxy) is 1. The first kappa shape index (κ1) is 9.79. The topological polar surface area (TPSA) is 52.1 Å². The summed E-state index contributed by atoms with van der Waals surface area (Å²) in [7, 11) is 1.54. The Bertz CT molecular complexity index is 467. The zero-order chi connectivity index (χ0) is 10.7. The van der Waals surface area contributed by atoms with Gasteiger partial charge in [-0.05, 0) is 11.4 Å². The second-order valence-corrected chi connectivity index (χ2v) is 3.69. The molecule has 0 saturated carbocycles. The van der Waals surface area contributed by atoms with Crippen LogP contribution in [0.5, 0.6) is 5.75 Å². The van der Waals surface area contributed by atoms with Gasteiger partial charge in [0.05, 0.1) is 12.7 Å². The van der Waals surface area contributed by atoms with Gasteiger partial charge in [-0.15, -0.1) is 11.3 Å². The summed E-state index contributed by atoms with van der Waals surface area (Å²) in [5, 5.41) is 1.82. The molecule has 0 amide bonds. The van der Waals surface area contributed by atoms with E-state index in [0.29, 0.717) is 16.2 Å². The predicted octanol–water partition coefficient (Wildman–Crippen LogP) is 1.78. The third-order valence-electron chi connectivity index (χ3n) is 1.88. The van der Waals surface area contributed by atoms with Gasteiger partial charge in [0.15, 0.2) is 0 Å². The van der Waals surface area contributed by atoms with Crippen molar-refractivity contribution >= 4 is 17.1 Å². The normalized spacial score (nSPS) is 9.93. The van der Waals surface area contributed by atoms with Gasteiger partial charge in [-0.25, -0.2) is 9.97 Å². The van der Waals surface area contributed by atoms with Crippen molar-refractivity contribution in [3.05, 3.63) is 40.6 Å². The van der Waals surface area contributed by atoms with Crippen LogP contribution in [0.15, 0.2) is 30.2 Å². The fourth-order valence-electron chi connectivity index (χ4n) is 1.17. The third kappa shape index (κ3) is 1.87. The van der Waals surface area contributed by atoms with Gasteiger partial charge in [0.2, 0.25) is 5.78 Å². The van der Waals surface area contributed by atoms with E-state index >= 15 is 0 Å². The van der Waals surface area contributed by atoms with Crippen molar-refractivity contribution in [2.45, 2.75) is 0 Å². The quantitative estimate of drug-likeness (QED) is 0.740. The molecule has 0 aromatic carbocycles. The molecule has 2 rings (SSSR count). The molecule has 0 saturated heterocycles. The maximum absolute atomic E-state index is 11.9. The largest absolute Gasteiger partial charge is 0.495 e. The highest BCUT2D eigenvalue weighted by Gasteiger charge is 2.15. The second kappa shape index (κ2) is 4.18. The van der Waals surface area contributed by atoms with Gasteiger partial charge in [-0.3, -0.25) is 4.79 Å². The van der Waals surface area contributed by atoms with Crippen LogP contribution >= 0.6 is 11.3 Å². The lowest BCUT2D eigenvalue weighted by Crippen LogP contribution is -2.01. The van der Waals surface area contributed by atoms with Crippen LogP contribution in [0.25, 0.3) is 0 Å². The first-order valence-corrected chi connectivity index (χ1v) is 5.12. The minimum atomic E-state index is -0.109. The van der Waals surface area contributed by atoms with Gasteiger partial charge in [0.25, 0.3) is 0 Å². The van der Waals surface area contributed by atoms with E-state index in [-0.39, 0.29) is 5.78 Å². The second-order valence-electron chi connectivity index (χ2n) is 2.77. The molecule has 0 aliphatic rings. The Morgan fingerprint density at radius 3 is 2.80 bits per heavy atom. The van der Waals surface area contributed by atoms with Crippen molar-refractivity contribution in [3.8, 4) is 5.75 Å². The number of nitrogens with zero attached hydrogens (tertiary/aromatic N) is 2. The molecular formula is C10H8N2O2S. The minimum Gasteiger partial charge on any atom is -0.495 e. The lowest BCUT2D eigenvalue weighted by molar-refractivity contribution is 0.103. The first-order chi connectivity index (χ1) is 7.33. The molecule has 15 heavy (non-hydrogen) atoms. The molecule has 0 unspecified atom stereocenters. The van der Waals surface area contributed by atoms with Crippen molar-refractivity contribution < 1.29 is 9.53 Å². The summed E-state index contributed by atoms with van der Waals surface area (Å²) in [5.41, 5.74) is 0.471. The van der Waals surface area contributed by atoms with Crippen molar-refractivity contribution in [2.24, 2.45) is 0 Å². The molecule has 0 spiro atoms. The number of carbonyl (C=O) groups is 1. The number of rotatable bonds is 3. The molecule has 2 heterocycles. The fourth-order valence-corrected chi connectivity index (χ4v) is 1.99. The highest BCUT2D eigenvalue weighted by Crippen LogP contribution is 2.26. The summed E-state index contributed by atoms with van der Waals surface area (Å²) in [6.45, 7) is 0. The van der Waals surface area contributed by atoms with Gasteiger partial charge in [0, 0.05) is 12.4 Å². The Morgan fingerprint density at radius 1 is 1.40 bits per heavy atom. The monoisotopic (exact) mass is 220 g/mol. The molecule has 4 nitrogen and oxygen atoms in total.